The SMILES string of the molecule is CC(=O)N1CCCc2cc(S(=O)(=O)NCCOc3cccc(F)c3)ccc21. The van der Waals surface area contributed by atoms with Crippen LogP contribution < -0.4 is 14.4 Å². The van der Waals surface area contributed by atoms with Crippen LogP contribution >= 0.6 is 0 Å². The van der Waals surface area contributed by atoms with E-state index >= 15 is 0 Å². The fraction of sp³-hybridized carbons (Fsp3) is 0.316. The van der Waals surface area contributed by atoms with E-state index in [4.69, 9.17) is 4.74 Å². The molecular weight excluding hydrogens is 371 g/mol. The van der Waals surface area contributed by atoms with E-state index in [2.05, 4.69) is 4.72 Å². The molecule has 0 atom stereocenters. The Hall–Kier alpha value is -2.45. The molecule has 1 amide bonds. The smallest absolute Gasteiger partial charge is 0.240 e. The lowest BCUT2D eigenvalue weighted by Crippen LogP contribution is -2.34. The number of benzene rings is 2. The zero-order valence-electron chi connectivity index (χ0n) is 14.9. The molecule has 0 aliphatic carbocycles. The number of halogens is 1. The van der Waals surface area contributed by atoms with Crippen LogP contribution in [-0.2, 0) is 21.2 Å². The van der Waals surface area contributed by atoms with Crippen molar-refractivity contribution in [2.45, 2.75) is 24.7 Å². The van der Waals surface area contributed by atoms with Crippen molar-refractivity contribution in [3.63, 3.8) is 0 Å². The highest BCUT2D eigenvalue weighted by Crippen LogP contribution is 2.29. The van der Waals surface area contributed by atoms with Gasteiger partial charge in [0.25, 0.3) is 0 Å². The fourth-order valence-electron chi connectivity index (χ4n) is 3.05. The highest BCUT2D eigenvalue weighted by atomic mass is 32.2. The summed E-state index contributed by atoms with van der Waals surface area (Å²) in [6.45, 7) is 2.27. The maximum Gasteiger partial charge on any atom is 0.240 e. The van der Waals surface area contributed by atoms with Crippen molar-refractivity contribution in [3.05, 3.63) is 53.8 Å². The van der Waals surface area contributed by atoms with Crippen molar-refractivity contribution < 1.29 is 22.3 Å². The lowest BCUT2D eigenvalue weighted by molar-refractivity contribution is -0.116. The number of sulfonamides is 1. The lowest BCUT2D eigenvalue weighted by atomic mass is 10.0. The van der Waals surface area contributed by atoms with E-state index in [0.717, 1.165) is 24.1 Å². The van der Waals surface area contributed by atoms with Gasteiger partial charge >= 0.3 is 0 Å². The molecule has 0 saturated heterocycles. The maximum absolute atomic E-state index is 13.1. The number of carbonyl (C=O) groups excluding carboxylic acids is 1. The third-order valence-corrected chi connectivity index (χ3v) is 5.78. The molecule has 2 aromatic rings. The van der Waals surface area contributed by atoms with E-state index in [1.54, 1.807) is 23.1 Å². The van der Waals surface area contributed by atoms with E-state index in [0.29, 0.717) is 12.3 Å². The summed E-state index contributed by atoms with van der Waals surface area (Å²) in [6.07, 6.45) is 1.52. The monoisotopic (exact) mass is 392 g/mol. The zero-order chi connectivity index (χ0) is 19.4. The summed E-state index contributed by atoms with van der Waals surface area (Å²) >= 11 is 0. The Morgan fingerprint density at radius 2 is 2.07 bits per heavy atom. The van der Waals surface area contributed by atoms with E-state index in [9.17, 15) is 17.6 Å². The average Bonchev–Trinajstić information content (AvgIpc) is 2.64. The molecule has 0 radical (unpaired) electrons. The Morgan fingerprint density at radius 3 is 2.81 bits per heavy atom. The number of hydrogen-bond donors (Lipinski definition) is 1. The maximum atomic E-state index is 13.1. The van der Waals surface area contributed by atoms with Crippen molar-refractivity contribution in [2.75, 3.05) is 24.6 Å². The van der Waals surface area contributed by atoms with Crippen LogP contribution in [0.2, 0.25) is 0 Å². The topological polar surface area (TPSA) is 75.7 Å². The summed E-state index contributed by atoms with van der Waals surface area (Å²) in [5.74, 6) is -0.131. The molecule has 0 fully saturated rings. The molecule has 1 heterocycles. The van der Waals surface area contributed by atoms with E-state index in [1.807, 2.05) is 0 Å². The largest absolute Gasteiger partial charge is 0.492 e. The number of hydrogen-bond acceptors (Lipinski definition) is 4. The molecule has 0 bridgehead atoms. The molecule has 0 unspecified atom stereocenters. The highest BCUT2D eigenvalue weighted by molar-refractivity contribution is 7.89. The summed E-state index contributed by atoms with van der Waals surface area (Å²) in [7, 11) is -3.70. The van der Waals surface area contributed by atoms with Crippen LogP contribution in [0, 0.1) is 5.82 Å². The number of nitrogens with one attached hydrogen (secondary N) is 1. The first-order valence-corrected chi connectivity index (χ1v) is 10.1. The average molecular weight is 392 g/mol. The first-order chi connectivity index (χ1) is 12.9. The molecule has 6 nitrogen and oxygen atoms in total. The Labute approximate surface area is 158 Å². The number of carbonyl (C=O) groups is 1. The van der Waals surface area contributed by atoms with Crippen molar-refractivity contribution >= 4 is 21.6 Å². The Kier molecular flexibility index (Phi) is 5.76. The third kappa shape index (κ3) is 4.64. The van der Waals surface area contributed by atoms with Crippen molar-refractivity contribution in [1.29, 1.82) is 0 Å². The molecule has 1 aliphatic heterocycles. The lowest BCUT2D eigenvalue weighted by Gasteiger charge is -2.28. The van der Waals surface area contributed by atoms with E-state index < -0.39 is 15.8 Å². The Balaban J connectivity index is 1.64. The van der Waals surface area contributed by atoms with Gasteiger partial charge in [0.15, 0.2) is 0 Å². The number of nitrogens with zero attached hydrogens (tertiary/aromatic N) is 1. The van der Waals surface area contributed by atoms with E-state index in [1.165, 1.54) is 31.2 Å². The summed E-state index contributed by atoms with van der Waals surface area (Å²) in [4.78, 5) is 13.5. The van der Waals surface area contributed by atoms with Gasteiger partial charge in [-0.2, -0.15) is 0 Å². The molecule has 27 heavy (non-hydrogen) atoms. The van der Waals surface area contributed by atoms with Crippen LogP contribution in [0.1, 0.15) is 18.9 Å². The first kappa shape index (κ1) is 19.3. The number of rotatable bonds is 6. The van der Waals surface area contributed by atoms with Gasteiger partial charge in [0.1, 0.15) is 18.2 Å². The standard InChI is InChI=1S/C19H21FN2O4S/c1-14(23)22-10-3-4-15-12-18(7-8-19(15)22)27(24,25)21-9-11-26-17-6-2-5-16(20)13-17/h2,5-8,12-13,21H,3-4,9-11H2,1H3. The van der Waals surface area contributed by atoms with Crippen molar-refractivity contribution in [3.8, 4) is 5.75 Å². The van der Waals surface area contributed by atoms with Gasteiger partial charge in [0.2, 0.25) is 15.9 Å². The van der Waals surface area contributed by atoms with Crippen molar-refractivity contribution in [2.24, 2.45) is 0 Å². The zero-order valence-corrected chi connectivity index (χ0v) is 15.8. The summed E-state index contributed by atoms with van der Waals surface area (Å²) in [5.41, 5.74) is 1.61. The minimum atomic E-state index is -3.70. The molecule has 2 aromatic carbocycles. The normalized spacial score (nSPS) is 13.9. The molecule has 1 aliphatic rings. The number of ether oxygens (including phenoxy) is 1. The summed E-state index contributed by atoms with van der Waals surface area (Å²) in [5, 5.41) is 0. The second kappa shape index (κ2) is 8.06. The van der Waals surface area contributed by atoms with Gasteiger partial charge in [-0.05, 0) is 48.7 Å². The van der Waals surface area contributed by atoms with Crippen molar-refractivity contribution in [1.82, 2.24) is 4.72 Å². The fourth-order valence-corrected chi connectivity index (χ4v) is 4.12. The molecule has 3 rings (SSSR count). The van der Waals surface area contributed by atoms with Crippen LogP contribution in [0.25, 0.3) is 0 Å². The number of amides is 1. The predicted octanol–water partition coefficient (Wildman–Crippen LogP) is 2.48. The molecular formula is C19H21FN2O4S. The van der Waals surface area contributed by atoms with Crippen LogP contribution in [0.5, 0.6) is 5.75 Å². The predicted molar refractivity (Wildman–Crippen MR) is 99.9 cm³/mol. The molecule has 0 saturated carbocycles. The quantitative estimate of drug-likeness (QED) is 0.767. The molecule has 0 aromatic heterocycles. The van der Waals surface area contributed by atoms with Gasteiger partial charge in [-0.1, -0.05) is 6.07 Å². The van der Waals surface area contributed by atoms with Gasteiger partial charge in [0, 0.05) is 31.8 Å². The molecule has 0 spiro atoms. The number of aryl methyl sites for hydroxylation is 1. The third-order valence-electron chi connectivity index (χ3n) is 4.32. The number of anilines is 1. The van der Waals surface area contributed by atoms with Gasteiger partial charge < -0.3 is 9.64 Å². The minimum absolute atomic E-state index is 0.0511. The van der Waals surface area contributed by atoms with Crippen LogP contribution in [0.15, 0.2) is 47.4 Å². The Morgan fingerprint density at radius 1 is 1.26 bits per heavy atom. The molecule has 1 N–H and O–H groups in total. The number of fused-ring (bicyclic) bond motifs is 1. The van der Waals surface area contributed by atoms with Gasteiger partial charge in [-0.25, -0.2) is 17.5 Å². The van der Waals surface area contributed by atoms with Gasteiger partial charge in [-0.15, -0.1) is 0 Å². The van der Waals surface area contributed by atoms with Gasteiger partial charge in [-0.3, -0.25) is 4.79 Å². The second-order valence-corrected chi connectivity index (χ2v) is 8.04. The minimum Gasteiger partial charge on any atom is -0.492 e. The summed E-state index contributed by atoms with van der Waals surface area (Å²) in [6, 6.07) is 10.4. The molecule has 144 valence electrons. The van der Waals surface area contributed by atoms with Gasteiger partial charge in [0.05, 0.1) is 4.90 Å². The van der Waals surface area contributed by atoms with E-state index in [-0.39, 0.29) is 24.0 Å². The second-order valence-electron chi connectivity index (χ2n) is 6.27. The summed E-state index contributed by atoms with van der Waals surface area (Å²) < 4.78 is 45.9. The van der Waals surface area contributed by atoms with Crippen LogP contribution in [-0.4, -0.2) is 34.0 Å². The van der Waals surface area contributed by atoms with Crippen LogP contribution in [0.3, 0.4) is 0 Å². The first-order valence-electron chi connectivity index (χ1n) is 8.66. The highest BCUT2D eigenvalue weighted by Gasteiger charge is 2.22. The molecule has 8 heteroatoms. The van der Waals surface area contributed by atoms with Crippen LogP contribution in [0.4, 0.5) is 10.1 Å². The Bertz CT molecular complexity index is 946.